The molecule has 0 unspecified atom stereocenters. The van der Waals surface area contributed by atoms with E-state index in [0.717, 1.165) is 4.68 Å². The van der Waals surface area contributed by atoms with Crippen LogP contribution in [0.2, 0.25) is 10.0 Å². The number of nitriles is 1. The van der Waals surface area contributed by atoms with Crippen molar-refractivity contribution in [2.24, 2.45) is 5.73 Å². The zero-order valence-electron chi connectivity index (χ0n) is 12.2. The van der Waals surface area contributed by atoms with Crippen molar-refractivity contribution in [3.05, 3.63) is 39.1 Å². The first-order chi connectivity index (χ1) is 11.9. The second-order valence-electron chi connectivity index (χ2n) is 4.69. The molecule has 1 aromatic heterocycles. The molecule has 13 heteroatoms. The fourth-order valence-corrected chi connectivity index (χ4v) is 3.38. The number of nitrogens with two attached hydrogens (primary N) is 1. The zero-order chi connectivity index (χ0) is 19.9. The fraction of sp³-hybridized carbons (Fsp3) is 0.231. The number of rotatable bonds is 3. The molecular weight excluding hydrogens is 429 g/mol. The molecule has 0 aliphatic rings. The number of thioether (sulfide) groups is 1. The summed E-state index contributed by atoms with van der Waals surface area (Å²) >= 11 is 11.1. The summed E-state index contributed by atoms with van der Waals surface area (Å²) in [5.41, 5.74) is -1.63. The molecule has 4 nitrogen and oxygen atoms in total. The van der Waals surface area contributed by atoms with Gasteiger partial charge in [0.2, 0.25) is 0 Å². The lowest BCUT2D eigenvalue weighted by Gasteiger charge is -2.14. The van der Waals surface area contributed by atoms with Gasteiger partial charge in [-0.15, -0.1) is 0 Å². The minimum atomic E-state index is -4.74. The maximum Gasteiger partial charge on any atom is 0.446 e. The monoisotopic (exact) mass is 434 g/mol. The average molecular weight is 435 g/mol. The highest BCUT2D eigenvalue weighted by Crippen LogP contribution is 2.43. The van der Waals surface area contributed by atoms with Crippen LogP contribution in [-0.2, 0) is 12.7 Å². The van der Waals surface area contributed by atoms with Crippen molar-refractivity contribution >= 4 is 35.0 Å². The largest absolute Gasteiger partial charge is 0.446 e. The van der Waals surface area contributed by atoms with Crippen molar-refractivity contribution < 1.29 is 26.3 Å². The van der Waals surface area contributed by atoms with Gasteiger partial charge in [0.05, 0.1) is 26.2 Å². The van der Waals surface area contributed by atoms with Crippen LogP contribution in [0.4, 0.5) is 26.3 Å². The van der Waals surface area contributed by atoms with Gasteiger partial charge in [-0.2, -0.15) is 36.7 Å². The predicted molar refractivity (Wildman–Crippen MR) is 83.1 cm³/mol. The van der Waals surface area contributed by atoms with Crippen LogP contribution in [0.5, 0.6) is 0 Å². The molecular formula is C13H6Cl2F6N4S. The molecule has 140 valence electrons. The van der Waals surface area contributed by atoms with Crippen molar-refractivity contribution in [1.29, 1.82) is 5.26 Å². The van der Waals surface area contributed by atoms with E-state index in [1.165, 1.54) is 6.07 Å². The smallest absolute Gasteiger partial charge is 0.325 e. The van der Waals surface area contributed by atoms with E-state index in [0.29, 0.717) is 12.1 Å². The number of benzene rings is 1. The molecule has 0 saturated carbocycles. The molecule has 0 saturated heterocycles. The Morgan fingerprint density at radius 3 is 2.08 bits per heavy atom. The molecule has 2 aromatic rings. The van der Waals surface area contributed by atoms with E-state index < -0.39 is 56.2 Å². The van der Waals surface area contributed by atoms with E-state index in [1.54, 1.807) is 0 Å². The third-order valence-corrected chi connectivity index (χ3v) is 4.45. The van der Waals surface area contributed by atoms with Crippen LogP contribution in [0.3, 0.4) is 0 Å². The SMILES string of the molecule is N#Cc1nn(-c2c(Cl)cc(C(F)(F)F)cc2Cl)c(CN)c1SC(F)(F)F. The molecule has 26 heavy (non-hydrogen) atoms. The Hall–Kier alpha value is -1.61. The number of nitrogens with zero attached hydrogens (tertiary/aromatic N) is 3. The quantitative estimate of drug-likeness (QED) is 0.536. The Kier molecular flexibility index (Phi) is 5.72. The molecule has 0 aliphatic carbocycles. The predicted octanol–water partition coefficient (Wildman–Crippen LogP) is 5.14. The Bertz CT molecular complexity index is 861. The maximum atomic E-state index is 12.8. The molecule has 0 fully saturated rings. The van der Waals surface area contributed by atoms with Crippen LogP contribution in [0, 0.1) is 11.3 Å². The van der Waals surface area contributed by atoms with Crippen molar-refractivity contribution in [2.45, 2.75) is 23.1 Å². The van der Waals surface area contributed by atoms with Crippen LogP contribution in [-0.4, -0.2) is 15.3 Å². The van der Waals surface area contributed by atoms with Gasteiger partial charge in [0, 0.05) is 6.54 Å². The normalized spacial score (nSPS) is 12.3. The zero-order valence-corrected chi connectivity index (χ0v) is 14.5. The van der Waals surface area contributed by atoms with E-state index in [1.807, 2.05) is 0 Å². The topological polar surface area (TPSA) is 67.6 Å². The lowest BCUT2D eigenvalue weighted by atomic mass is 10.2. The van der Waals surface area contributed by atoms with Gasteiger partial charge in [0.25, 0.3) is 0 Å². The summed E-state index contributed by atoms with van der Waals surface area (Å²) in [6.07, 6.45) is -4.73. The summed E-state index contributed by atoms with van der Waals surface area (Å²) in [6, 6.07) is 2.58. The van der Waals surface area contributed by atoms with Gasteiger partial charge in [-0.3, -0.25) is 0 Å². The van der Waals surface area contributed by atoms with E-state index in [4.69, 9.17) is 34.2 Å². The molecule has 2 rings (SSSR count). The first-order valence-electron chi connectivity index (χ1n) is 6.43. The van der Waals surface area contributed by atoms with Crippen LogP contribution in [0.25, 0.3) is 5.69 Å². The Morgan fingerprint density at radius 2 is 1.69 bits per heavy atom. The van der Waals surface area contributed by atoms with E-state index in [2.05, 4.69) is 5.10 Å². The van der Waals surface area contributed by atoms with E-state index in [9.17, 15) is 26.3 Å². The summed E-state index contributed by atoms with van der Waals surface area (Å²) in [5.74, 6) is 0. The summed E-state index contributed by atoms with van der Waals surface area (Å²) in [5, 5.41) is 11.7. The molecule has 0 radical (unpaired) electrons. The third kappa shape index (κ3) is 4.20. The average Bonchev–Trinajstić information content (AvgIpc) is 2.81. The molecule has 2 N–H and O–H groups in total. The van der Waals surface area contributed by atoms with Crippen molar-refractivity contribution in [3.63, 3.8) is 0 Å². The number of alkyl halides is 6. The van der Waals surface area contributed by atoms with Gasteiger partial charge in [-0.1, -0.05) is 23.2 Å². The second-order valence-corrected chi connectivity index (χ2v) is 6.58. The number of aromatic nitrogens is 2. The Balaban J connectivity index is 2.72. The summed E-state index contributed by atoms with van der Waals surface area (Å²) in [4.78, 5) is -0.575. The van der Waals surface area contributed by atoms with Gasteiger partial charge in [-0.25, -0.2) is 4.68 Å². The van der Waals surface area contributed by atoms with Gasteiger partial charge in [0.1, 0.15) is 11.8 Å². The molecule has 1 aromatic carbocycles. The fourth-order valence-electron chi connectivity index (χ4n) is 2.03. The van der Waals surface area contributed by atoms with E-state index >= 15 is 0 Å². The molecule has 0 aliphatic heterocycles. The first-order valence-corrected chi connectivity index (χ1v) is 8.00. The number of hydrogen-bond donors (Lipinski definition) is 1. The maximum absolute atomic E-state index is 12.8. The summed E-state index contributed by atoms with van der Waals surface area (Å²) < 4.78 is 77.3. The molecule has 1 heterocycles. The third-order valence-electron chi connectivity index (χ3n) is 3.01. The number of hydrogen-bond acceptors (Lipinski definition) is 4. The Labute approximate surface area is 156 Å². The molecule has 0 spiro atoms. The highest BCUT2D eigenvalue weighted by Gasteiger charge is 2.36. The lowest BCUT2D eigenvalue weighted by molar-refractivity contribution is -0.137. The molecule has 0 bridgehead atoms. The van der Waals surface area contributed by atoms with Gasteiger partial charge >= 0.3 is 11.7 Å². The highest BCUT2D eigenvalue weighted by atomic mass is 35.5. The van der Waals surface area contributed by atoms with Gasteiger partial charge in [-0.05, 0) is 23.9 Å². The lowest BCUT2D eigenvalue weighted by Crippen LogP contribution is -2.11. The van der Waals surface area contributed by atoms with Crippen LogP contribution < -0.4 is 5.73 Å². The standard InChI is InChI=1S/C13H6Cl2F6N4S/c14-6-1-5(12(16,17)18)2-7(15)10(6)25-9(4-23)11(8(3-22)24-25)26-13(19,20)21/h1-2H,4,23H2. The van der Waals surface area contributed by atoms with Crippen LogP contribution in [0.15, 0.2) is 17.0 Å². The summed E-state index contributed by atoms with van der Waals surface area (Å²) in [6.45, 7) is -0.499. The van der Waals surface area contributed by atoms with Gasteiger partial charge < -0.3 is 5.73 Å². The van der Waals surface area contributed by atoms with Crippen molar-refractivity contribution in [3.8, 4) is 11.8 Å². The molecule has 0 atom stereocenters. The van der Waals surface area contributed by atoms with Crippen LogP contribution in [0.1, 0.15) is 17.0 Å². The molecule has 0 amide bonds. The first kappa shape index (κ1) is 20.7. The van der Waals surface area contributed by atoms with Crippen LogP contribution >= 0.6 is 35.0 Å². The van der Waals surface area contributed by atoms with Crippen molar-refractivity contribution in [2.75, 3.05) is 0 Å². The van der Waals surface area contributed by atoms with Gasteiger partial charge in [0.15, 0.2) is 5.69 Å². The van der Waals surface area contributed by atoms with E-state index in [-0.39, 0.29) is 11.4 Å². The highest BCUT2D eigenvalue weighted by molar-refractivity contribution is 8.00. The second kappa shape index (κ2) is 7.19. The summed E-state index contributed by atoms with van der Waals surface area (Å²) in [7, 11) is 0. The minimum absolute atomic E-state index is 0.271. The van der Waals surface area contributed by atoms with Crippen molar-refractivity contribution in [1.82, 2.24) is 9.78 Å². The minimum Gasteiger partial charge on any atom is -0.325 e. The number of halogens is 8. The Morgan fingerprint density at radius 1 is 1.15 bits per heavy atom.